The Bertz CT molecular complexity index is 408. The Morgan fingerprint density at radius 1 is 1.42 bits per heavy atom. The standard InChI is InChI=1S/C12H21N3O4/c1-11(2,6-8(13)16)14-10(19)15-5-4-12(3,7-15)9(17)18/h4-7H2,1-3H3,(H2,13,16)(H,14,19)(H,17,18). The van der Waals surface area contributed by atoms with Crippen LogP contribution in [-0.2, 0) is 9.59 Å². The molecule has 0 aliphatic carbocycles. The topological polar surface area (TPSA) is 113 Å². The first-order chi connectivity index (χ1) is 8.56. The van der Waals surface area contributed by atoms with Gasteiger partial charge >= 0.3 is 12.0 Å². The maximum Gasteiger partial charge on any atom is 0.317 e. The van der Waals surface area contributed by atoms with Crippen molar-refractivity contribution in [3.05, 3.63) is 0 Å². The Morgan fingerprint density at radius 3 is 2.42 bits per heavy atom. The van der Waals surface area contributed by atoms with Gasteiger partial charge in [0.1, 0.15) is 0 Å². The lowest BCUT2D eigenvalue weighted by Crippen LogP contribution is -2.51. The van der Waals surface area contributed by atoms with Crippen LogP contribution in [0.1, 0.15) is 33.6 Å². The van der Waals surface area contributed by atoms with Crippen LogP contribution in [0.2, 0.25) is 0 Å². The fraction of sp³-hybridized carbons (Fsp3) is 0.750. The van der Waals surface area contributed by atoms with Crippen LogP contribution in [0.25, 0.3) is 0 Å². The molecule has 0 radical (unpaired) electrons. The van der Waals surface area contributed by atoms with Crippen LogP contribution >= 0.6 is 0 Å². The van der Waals surface area contributed by atoms with Crippen molar-refractivity contribution in [1.82, 2.24) is 10.2 Å². The number of hydrogen-bond donors (Lipinski definition) is 3. The molecular formula is C12H21N3O4. The molecule has 1 aliphatic rings. The molecule has 1 aliphatic heterocycles. The number of amides is 3. The first-order valence-corrected chi connectivity index (χ1v) is 6.14. The van der Waals surface area contributed by atoms with Gasteiger partial charge in [0.25, 0.3) is 0 Å². The molecule has 3 amide bonds. The minimum atomic E-state index is -0.904. The number of rotatable bonds is 4. The smallest absolute Gasteiger partial charge is 0.317 e. The van der Waals surface area contributed by atoms with Crippen molar-refractivity contribution in [2.45, 2.75) is 39.2 Å². The van der Waals surface area contributed by atoms with E-state index in [4.69, 9.17) is 10.8 Å². The summed E-state index contributed by atoms with van der Waals surface area (Å²) < 4.78 is 0. The highest BCUT2D eigenvalue weighted by Gasteiger charge is 2.42. The monoisotopic (exact) mass is 271 g/mol. The van der Waals surface area contributed by atoms with Gasteiger partial charge in [0.05, 0.1) is 5.41 Å². The quantitative estimate of drug-likeness (QED) is 0.675. The fourth-order valence-electron chi connectivity index (χ4n) is 2.16. The van der Waals surface area contributed by atoms with Crippen molar-refractivity contribution in [3.63, 3.8) is 0 Å². The number of likely N-dealkylation sites (tertiary alicyclic amines) is 1. The van der Waals surface area contributed by atoms with Gasteiger partial charge in [-0.2, -0.15) is 0 Å². The lowest BCUT2D eigenvalue weighted by molar-refractivity contribution is -0.147. The van der Waals surface area contributed by atoms with Gasteiger partial charge in [0.15, 0.2) is 0 Å². The van der Waals surface area contributed by atoms with Gasteiger partial charge in [0.2, 0.25) is 5.91 Å². The number of carbonyl (C=O) groups excluding carboxylic acids is 2. The van der Waals surface area contributed by atoms with E-state index in [1.807, 2.05) is 0 Å². The third-order valence-electron chi connectivity index (χ3n) is 3.34. The van der Waals surface area contributed by atoms with Crippen LogP contribution in [0.15, 0.2) is 0 Å². The third-order valence-corrected chi connectivity index (χ3v) is 3.34. The molecule has 4 N–H and O–H groups in total. The number of hydrogen-bond acceptors (Lipinski definition) is 3. The number of urea groups is 1. The van der Waals surface area contributed by atoms with E-state index in [1.54, 1.807) is 20.8 Å². The summed E-state index contributed by atoms with van der Waals surface area (Å²) in [5.41, 5.74) is 3.47. The van der Waals surface area contributed by atoms with Crippen molar-refractivity contribution < 1.29 is 19.5 Å². The average Bonchev–Trinajstić information content (AvgIpc) is 2.59. The first kappa shape index (κ1) is 15.3. The summed E-state index contributed by atoms with van der Waals surface area (Å²) in [6, 6.07) is -0.365. The summed E-state index contributed by atoms with van der Waals surface area (Å²) in [6.45, 7) is 5.57. The zero-order valence-corrected chi connectivity index (χ0v) is 11.5. The predicted molar refractivity (Wildman–Crippen MR) is 68.4 cm³/mol. The van der Waals surface area contributed by atoms with Gasteiger partial charge in [-0.25, -0.2) is 4.79 Å². The van der Waals surface area contributed by atoms with E-state index in [0.717, 1.165) is 0 Å². The van der Waals surface area contributed by atoms with E-state index < -0.39 is 22.8 Å². The number of nitrogens with zero attached hydrogens (tertiary/aromatic N) is 1. The maximum absolute atomic E-state index is 12.0. The van der Waals surface area contributed by atoms with Crippen LogP contribution in [0.4, 0.5) is 4.79 Å². The van der Waals surface area contributed by atoms with Crippen molar-refractivity contribution in [1.29, 1.82) is 0 Å². The number of carboxylic acids is 1. The van der Waals surface area contributed by atoms with E-state index in [1.165, 1.54) is 4.90 Å². The Labute approximate surface area is 112 Å². The molecular weight excluding hydrogens is 250 g/mol. The van der Waals surface area contributed by atoms with E-state index in [0.29, 0.717) is 13.0 Å². The average molecular weight is 271 g/mol. The van der Waals surface area contributed by atoms with Crippen molar-refractivity contribution >= 4 is 17.9 Å². The molecule has 0 saturated carbocycles. The summed E-state index contributed by atoms with van der Waals surface area (Å²) in [5.74, 6) is -1.40. The van der Waals surface area contributed by atoms with Crippen LogP contribution < -0.4 is 11.1 Å². The molecule has 1 unspecified atom stereocenters. The summed E-state index contributed by atoms with van der Waals surface area (Å²) in [7, 11) is 0. The molecule has 0 aromatic rings. The molecule has 1 saturated heterocycles. The first-order valence-electron chi connectivity index (χ1n) is 6.14. The molecule has 7 heteroatoms. The Hall–Kier alpha value is -1.79. The molecule has 1 fully saturated rings. The lowest BCUT2D eigenvalue weighted by Gasteiger charge is -2.28. The van der Waals surface area contributed by atoms with Crippen LogP contribution in [0, 0.1) is 5.41 Å². The second kappa shape index (κ2) is 5.07. The SMILES string of the molecule is CC(C)(CC(N)=O)NC(=O)N1CCC(C)(C(=O)O)C1. The van der Waals surface area contributed by atoms with Crippen LogP contribution in [0.3, 0.4) is 0 Å². The van der Waals surface area contributed by atoms with Gasteiger partial charge in [-0.15, -0.1) is 0 Å². The third kappa shape index (κ3) is 3.84. The summed E-state index contributed by atoms with van der Waals surface area (Å²) in [6.07, 6.45) is 0.453. The number of primary amides is 1. The molecule has 0 aromatic heterocycles. The number of nitrogens with two attached hydrogens (primary N) is 1. The summed E-state index contributed by atoms with van der Waals surface area (Å²) in [5, 5.41) is 11.8. The van der Waals surface area contributed by atoms with E-state index >= 15 is 0 Å². The molecule has 0 aromatic carbocycles. The Balaban J connectivity index is 2.61. The second-order valence-electron chi connectivity index (χ2n) is 5.99. The maximum atomic E-state index is 12.0. The minimum Gasteiger partial charge on any atom is -0.481 e. The van der Waals surface area contributed by atoms with Gasteiger partial charge in [-0.3, -0.25) is 9.59 Å². The highest BCUT2D eigenvalue weighted by atomic mass is 16.4. The van der Waals surface area contributed by atoms with Crippen LogP contribution in [0.5, 0.6) is 0 Å². The summed E-state index contributed by atoms with van der Waals surface area (Å²) >= 11 is 0. The number of nitrogens with one attached hydrogen (secondary N) is 1. The molecule has 108 valence electrons. The van der Waals surface area contributed by atoms with Crippen molar-refractivity contribution in [2.24, 2.45) is 11.1 Å². The Kier molecular flexibility index (Phi) is 4.07. The lowest BCUT2D eigenvalue weighted by atomic mass is 9.90. The zero-order valence-electron chi connectivity index (χ0n) is 11.5. The molecule has 1 rings (SSSR count). The van der Waals surface area contributed by atoms with Gasteiger partial charge < -0.3 is 21.1 Å². The predicted octanol–water partition coefficient (Wildman–Crippen LogP) is 0.147. The molecule has 1 heterocycles. The molecule has 1 atom stereocenters. The Morgan fingerprint density at radius 2 is 2.00 bits per heavy atom. The van der Waals surface area contributed by atoms with Crippen LogP contribution in [-0.4, -0.2) is 46.5 Å². The second-order valence-corrected chi connectivity index (χ2v) is 5.99. The zero-order chi connectivity index (χ0) is 14.8. The van der Waals surface area contributed by atoms with Crippen molar-refractivity contribution in [3.8, 4) is 0 Å². The van der Waals surface area contributed by atoms with Gasteiger partial charge in [-0.1, -0.05) is 0 Å². The van der Waals surface area contributed by atoms with E-state index in [9.17, 15) is 14.4 Å². The number of carbonyl (C=O) groups is 3. The molecule has 0 spiro atoms. The largest absolute Gasteiger partial charge is 0.481 e. The van der Waals surface area contributed by atoms with E-state index in [-0.39, 0.29) is 19.0 Å². The minimum absolute atomic E-state index is 0.0305. The van der Waals surface area contributed by atoms with Gasteiger partial charge in [0, 0.05) is 25.0 Å². The highest BCUT2D eigenvalue weighted by Crippen LogP contribution is 2.30. The number of aliphatic carboxylic acids is 1. The molecule has 19 heavy (non-hydrogen) atoms. The van der Waals surface area contributed by atoms with Gasteiger partial charge in [-0.05, 0) is 27.2 Å². The van der Waals surface area contributed by atoms with E-state index in [2.05, 4.69) is 5.32 Å². The number of carboxylic acid groups (broad SMARTS) is 1. The van der Waals surface area contributed by atoms with Crippen molar-refractivity contribution in [2.75, 3.05) is 13.1 Å². The highest BCUT2D eigenvalue weighted by molar-refractivity contribution is 5.81. The molecule has 7 nitrogen and oxygen atoms in total. The normalized spacial score (nSPS) is 23.2. The molecule has 0 bridgehead atoms. The fourth-order valence-corrected chi connectivity index (χ4v) is 2.16. The summed E-state index contributed by atoms with van der Waals surface area (Å²) in [4.78, 5) is 35.5.